The first-order valence-electron chi connectivity index (χ1n) is 5.88. The van der Waals surface area contributed by atoms with Gasteiger partial charge < -0.3 is 5.32 Å². The summed E-state index contributed by atoms with van der Waals surface area (Å²) in [6.07, 6.45) is 1.43. The highest BCUT2D eigenvalue weighted by Crippen LogP contribution is 2.18. The van der Waals surface area contributed by atoms with Crippen molar-refractivity contribution < 1.29 is 4.79 Å². The summed E-state index contributed by atoms with van der Waals surface area (Å²) in [7, 11) is 0. The number of nitrogens with one attached hydrogen (secondary N) is 1. The minimum absolute atomic E-state index is 0.0530. The molecule has 1 aromatic rings. The SMILES string of the molecule is CC(C)(C)CC(=O)NCCc1ccccc1Br. The lowest BCUT2D eigenvalue weighted by atomic mass is 9.92. The number of rotatable bonds is 4. The molecule has 0 aliphatic heterocycles. The highest BCUT2D eigenvalue weighted by Gasteiger charge is 2.15. The third-order valence-corrected chi connectivity index (χ3v) is 3.14. The van der Waals surface area contributed by atoms with Crippen LogP contribution in [0.1, 0.15) is 32.8 Å². The van der Waals surface area contributed by atoms with Gasteiger partial charge in [-0.1, -0.05) is 54.9 Å². The predicted molar refractivity (Wildman–Crippen MR) is 74.9 cm³/mol. The molecule has 0 radical (unpaired) electrons. The first kappa shape index (κ1) is 14.2. The Hall–Kier alpha value is -0.830. The smallest absolute Gasteiger partial charge is 0.220 e. The Morgan fingerprint density at radius 2 is 1.94 bits per heavy atom. The fraction of sp³-hybridized carbons (Fsp3) is 0.500. The Bertz CT molecular complexity index is 382. The minimum atomic E-state index is 0.0530. The molecule has 0 fully saturated rings. The van der Waals surface area contributed by atoms with Crippen LogP contribution in [0.25, 0.3) is 0 Å². The lowest BCUT2D eigenvalue weighted by Crippen LogP contribution is -2.29. The second kappa shape index (κ2) is 6.20. The van der Waals surface area contributed by atoms with Gasteiger partial charge >= 0.3 is 0 Å². The quantitative estimate of drug-likeness (QED) is 0.905. The van der Waals surface area contributed by atoms with E-state index in [2.05, 4.69) is 48.1 Å². The van der Waals surface area contributed by atoms with Crippen molar-refractivity contribution in [3.63, 3.8) is 0 Å². The topological polar surface area (TPSA) is 29.1 Å². The molecule has 0 spiro atoms. The number of benzene rings is 1. The number of hydrogen-bond acceptors (Lipinski definition) is 1. The van der Waals surface area contributed by atoms with E-state index in [-0.39, 0.29) is 11.3 Å². The van der Waals surface area contributed by atoms with Gasteiger partial charge in [-0.3, -0.25) is 4.79 Å². The number of carbonyl (C=O) groups is 1. The molecule has 0 aliphatic rings. The van der Waals surface area contributed by atoms with Crippen molar-refractivity contribution in [2.45, 2.75) is 33.6 Å². The molecule has 0 aromatic heterocycles. The van der Waals surface area contributed by atoms with Gasteiger partial charge in [0, 0.05) is 17.4 Å². The Kier molecular flexibility index (Phi) is 5.19. The second-order valence-corrected chi connectivity index (χ2v) is 6.28. The molecule has 1 N–H and O–H groups in total. The van der Waals surface area contributed by atoms with Gasteiger partial charge in [0.2, 0.25) is 5.91 Å². The minimum Gasteiger partial charge on any atom is -0.356 e. The Morgan fingerprint density at radius 1 is 1.29 bits per heavy atom. The van der Waals surface area contributed by atoms with E-state index in [0.29, 0.717) is 13.0 Å². The van der Waals surface area contributed by atoms with Crippen LogP contribution in [0.2, 0.25) is 0 Å². The molecule has 1 aromatic carbocycles. The van der Waals surface area contributed by atoms with Gasteiger partial charge in [-0.15, -0.1) is 0 Å². The van der Waals surface area contributed by atoms with Crippen LogP contribution >= 0.6 is 15.9 Å². The summed E-state index contributed by atoms with van der Waals surface area (Å²) in [6.45, 7) is 6.90. The van der Waals surface area contributed by atoms with E-state index in [9.17, 15) is 4.79 Å². The number of carbonyl (C=O) groups excluding carboxylic acids is 1. The van der Waals surface area contributed by atoms with Gasteiger partial charge in [-0.25, -0.2) is 0 Å². The van der Waals surface area contributed by atoms with Gasteiger partial charge in [-0.05, 0) is 23.5 Å². The van der Waals surface area contributed by atoms with Crippen molar-refractivity contribution in [1.82, 2.24) is 5.32 Å². The Balaban J connectivity index is 2.34. The molecule has 0 saturated carbocycles. The van der Waals surface area contributed by atoms with Crippen molar-refractivity contribution in [1.29, 1.82) is 0 Å². The largest absolute Gasteiger partial charge is 0.356 e. The molecular formula is C14H20BrNO. The molecule has 1 amide bonds. The van der Waals surface area contributed by atoms with Crippen LogP contribution in [0.5, 0.6) is 0 Å². The van der Waals surface area contributed by atoms with Crippen LogP contribution in [0, 0.1) is 5.41 Å². The lowest BCUT2D eigenvalue weighted by molar-refractivity contribution is -0.122. The molecule has 2 nitrogen and oxygen atoms in total. The first-order chi connectivity index (χ1) is 7.88. The third kappa shape index (κ3) is 5.87. The summed E-state index contributed by atoms with van der Waals surface area (Å²) in [6, 6.07) is 8.09. The normalized spacial score (nSPS) is 11.3. The van der Waals surface area contributed by atoms with Crippen molar-refractivity contribution >= 4 is 21.8 Å². The maximum absolute atomic E-state index is 11.6. The van der Waals surface area contributed by atoms with Crippen molar-refractivity contribution in [3.05, 3.63) is 34.3 Å². The molecule has 0 bridgehead atoms. The molecule has 0 heterocycles. The van der Waals surface area contributed by atoms with Crippen LogP contribution in [0.4, 0.5) is 0 Å². The molecule has 0 saturated heterocycles. The van der Waals surface area contributed by atoms with E-state index < -0.39 is 0 Å². The molecule has 0 unspecified atom stereocenters. The van der Waals surface area contributed by atoms with Gasteiger partial charge in [0.15, 0.2) is 0 Å². The van der Waals surface area contributed by atoms with Crippen LogP contribution < -0.4 is 5.32 Å². The van der Waals surface area contributed by atoms with E-state index in [1.807, 2.05) is 18.2 Å². The van der Waals surface area contributed by atoms with Crippen LogP contribution in [0.15, 0.2) is 28.7 Å². The Morgan fingerprint density at radius 3 is 2.53 bits per heavy atom. The van der Waals surface area contributed by atoms with E-state index in [4.69, 9.17) is 0 Å². The molecule has 1 rings (SSSR count). The fourth-order valence-electron chi connectivity index (χ4n) is 1.58. The standard InChI is InChI=1S/C14H20BrNO/c1-14(2,3)10-13(17)16-9-8-11-6-4-5-7-12(11)15/h4-7H,8-10H2,1-3H3,(H,16,17). The number of amides is 1. The maximum Gasteiger partial charge on any atom is 0.220 e. The fourth-order valence-corrected chi connectivity index (χ4v) is 2.06. The zero-order chi connectivity index (χ0) is 12.9. The van der Waals surface area contributed by atoms with E-state index in [0.717, 1.165) is 10.9 Å². The molecule has 3 heteroatoms. The maximum atomic E-state index is 11.6. The average Bonchev–Trinajstić information content (AvgIpc) is 2.18. The molecule has 94 valence electrons. The average molecular weight is 298 g/mol. The van der Waals surface area contributed by atoms with Crippen molar-refractivity contribution in [3.8, 4) is 0 Å². The molecule has 17 heavy (non-hydrogen) atoms. The summed E-state index contributed by atoms with van der Waals surface area (Å²) in [5, 5.41) is 2.96. The van der Waals surface area contributed by atoms with Crippen LogP contribution in [0.3, 0.4) is 0 Å². The van der Waals surface area contributed by atoms with Crippen LogP contribution in [-0.4, -0.2) is 12.5 Å². The lowest BCUT2D eigenvalue weighted by Gasteiger charge is -2.17. The van der Waals surface area contributed by atoms with E-state index in [1.54, 1.807) is 0 Å². The van der Waals surface area contributed by atoms with E-state index in [1.165, 1.54) is 5.56 Å². The summed E-state index contributed by atoms with van der Waals surface area (Å²) in [4.78, 5) is 11.6. The molecular weight excluding hydrogens is 278 g/mol. The predicted octanol–water partition coefficient (Wildman–Crippen LogP) is 3.54. The first-order valence-corrected chi connectivity index (χ1v) is 6.68. The van der Waals surface area contributed by atoms with Gasteiger partial charge in [-0.2, -0.15) is 0 Å². The summed E-state index contributed by atoms with van der Waals surface area (Å²) < 4.78 is 1.10. The van der Waals surface area contributed by atoms with Crippen molar-refractivity contribution in [2.75, 3.05) is 6.54 Å². The highest BCUT2D eigenvalue weighted by molar-refractivity contribution is 9.10. The number of hydrogen-bond donors (Lipinski definition) is 1. The number of halogens is 1. The van der Waals surface area contributed by atoms with Crippen molar-refractivity contribution in [2.24, 2.45) is 5.41 Å². The third-order valence-electron chi connectivity index (χ3n) is 2.37. The molecule has 0 aliphatic carbocycles. The van der Waals surface area contributed by atoms with Crippen LogP contribution in [-0.2, 0) is 11.2 Å². The van der Waals surface area contributed by atoms with Gasteiger partial charge in [0.25, 0.3) is 0 Å². The highest BCUT2D eigenvalue weighted by atomic mass is 79.9. The van der Waals surface area contributed by atoms with Gasteiger partial charge in [0.1, 0.15) is 0 Å². The zero-order valence-electron chi connectivity index (χ0n) is 10.7. The second-order valence-electron chi connectivity index (χ2n) is 5.43. The van der Waals surface area contributed by atoms with E-state index >= 15 is 0 Å². The molecule has 0 atom stereocenters. The Labute approximate surface area is 112 Å². The summed E-state index contributed by atoms with van der Waals surface area (Å²) >= 11 is 3.50. The summed E-state index contributed by atoms with van der Waals surface area (Å²) in [5.74, 6) is 0.129. The van der Waals surface area contributed by atoms with Gasteiger partial charge in [0.05, 0.1) is 0 Å². The monoisotopic (exact) mass is 297 g/mol. The zero-order valence-corrected chi connectivity index (χ0v) is 12.3. The summed E-state index contributed by atoms with van der Waals surface area (Å²) in [5.41, 5.74) is 1.28.